The molecular weight excluding hydrogens is 392 g/mol. The average molecular weight is 415 g/mol. The van der Waals surface area contributed by atoms with Gasteiger partial charge in [-0.15, -0.1) is 0 Å². The van der Waals surface area contributed by atoms with Gasteiger partial charge >= 0.3 is 0 Å². The molecule has 0 bridgehead atoms. The molecule has 3 aromatic rings. The molecule has 0 aliphatic rings. The molecule has 0 heterocycles. The number of benzene rings is 3. The van der Waals surface area contributed by atoms with Crippen LogP contribution in [0.25, 0.3) is 21.9 Å². The third kappa shape index (κ3) is 3.80. The number of hydrogen-bond acceptors (Lipinski definition) is 3. The van der Waals surface area contributed by atoms with Crippen LogP contribution in [0.4, 0.5) is 0 Å². The molecule has 3 nitrogen and oxygen atoms in total. The second-order valence-electron chi connectivity index (χ2n) is 6.07. The number of hydrogen-bond donors (Lipinski definition) is 0. The highest BCUT2D eigenvalue weighted by Gasteiger charge is 2.13. The lowest BCUT2D eigenvalue weighted by Gasteiger charge is -2.15. The van der Waals surface area contributed by atoms with Crippen molar-refractivity contribution in [3.63, 3.8) is 0 Å². The fourth-order valence-corrected chi connectivity index (χ4v) is 3.39. The highest BCUT2D eigenvalue weighted by atomic mass is 79.9. The molecule has 0 aromatic heterocycles. The van der Waals surface area contributed by atoms with E-state index in [1.165, 1.54) is 0 Å². The average Bonchev–Trinajstić information content (AvgIpc) is 2.69. The van der Waals surface area contributed by atoms with Crippen molar-refractivity contribution in [2.24, 2.45) is 0 Å². The van der Waals surface area contributed by atoms with Gasteiger partial charge in [-0.3, -0.25) is 0 Å². The van der Waals surface area contributed by atoms with Crippen molar-refractivity contribution in [1.29, 1.82) is 0 Å². The second kappa shape index (κ2) is 8.45. The van der Waals surface area contributed by atoms with E-state index in [1.807, 2.05) is 36.4 Å². The van der Waals surface area contributed by atoms with Crippen LogP contribution in [-0.2, 0) is 0 Å². The summed E-state index contributed by atoms with van der Waals surface area (Å²) in [6.07, 6.45) is 2.15. The molecule has 0 amide bonds. The van der Waals surface area contributed by atoms with Crippen molar-refractivity contribution >= 4 is 26.7 Å². The minimum Gasteiger partial charge on any atom is -0.497 e. The number of rotatable bonds is 7. The lowest BCUT2D eigenvalue weighted by atomic mass is 9.99. The highest BCUT2D eigenvalue weighted by Crippen LogP contribution is 2.40. The van der Waals surface area contributed by atoms with Gasteiger partial charge in [-0.05, 0) is 48.4 Å². The molecular formula is C22H23BrO3. The van der Waals surface area contributed by atoms with Crippen molar-refractivity contribution < 1.29 is 14.2 Å². The topological polar surface area (TPSA) is 27.7 Å². The van der Waals surface area contributed by atoms with Crippen LogP contribution in [0.5, 0.6) is 17.2 Å². The zero-order valence-corrected chi connectivity index (χ0v) is 16.9. The molecule has 0 radical (unpaired) electrons. The Morgan fingerprint density at radius 1 is 0.846 bits per heavy atom. The van der Waals surface area contributed by atoms with Crippen molar-refractivity contribution in [3.05, 3.63) is 53.0 Å². The number of ether oxygens (including phenoxy) is 3. The molecule has 0 aliphatic carbocycles. The Bertz CT molecular complexity index is 888. The van der Waals surface area contributed by atoms with Crippen LogP contribution in [0.2, 0.25) is 0 Å². The quantitative estimate of drug-likeness (QED) is 0.414. The molecule has 4 heteroatoms. The van der Waals surface area contributed by atoms with E-state index in [1.54, 1.807) is 14.2 Å². The Morgan fingerprint density at radius 3 is 2.27 bits per heavy atom. The second-order valence-corrected chi connectivity index (χ2v) is 6.93. The minimum atomic E-state index is 0.718. The van der Waals surface area contributed by atoms with Gasteiger partial charge in [-0.25, -0.2) is 0 Å². The minimum absolute atomic E-state index is 0.718. The molecule has 3 aromatic carbocycles. The van der Waals surface area contributed by atoms with Crippen molar-refractivity contribution in [2.45, 2.75) is 19.8 Å². The summed E-state index contributed by atoms with van der Waals surface area (Å²) in [6, 6.07) is 16.2. The summed E-state index contributed by atoms with van der Waals surface area (Å²) >= 11 is 3.67. The van der Waals surface area contributed by atoms with Gasteiger partial charge in [0, 0.05) is 20.8 Å². The smallest absolute Gasteiger partial charge is 0.127 e. The van der Waals surface area contributed by atoms with Crippen molar-refractivity contribution in [2.75, 3.05) is 20.8 Å². The molecule has 0 unspecified atom stereocenters. The van der Waals surface area contributed by atoms with Crippen molar-refractivity contribution in [1.82, 2.24) is 0 Å². The van der Waals surface area contributed by atoms with Crippen LogP contribution in [-0.4, -0.2) is 20.8 Å². The number of halogens is 1. The summed E-state index contributed by atoms with van der Waals surface area (Å²) in [5.74, 6) is 2.54. The molecule has 0 aliphatic heterocycles. The number of unbranched alkanes of at least 4 members (excludes halogenated alkanes) is 1. The maximum absolute atomic E-state index is 6.00. The summed E-state index contributed by atoms with van der Waals surface area (Å²) in [6.45, 7) is 2.88. The summed E-state index contributed by atoms with van der Waals surface area (Å²) < 4.78 is 18.0. The Labute approximate surface area is 163 Å². The molecule has 0 spiro atoms. The van der Waals surface area contributed by atoms with Crippen molar-refractivity contribution in [3.8, 4) is 28.4 Å². The monoisotopic (exact) mass is 414 g/mol. The normalized spacial score (nSPS) is 10.8. The van der Waals surface area contributed by atoms with Gasteiger partial charge in [-0.1, -0.05) is 41.4 Å². The Balaban J connectivity index is 2.11. The van der Waals surface area contributed by atoms with Gasteiger partial charge in [0.1, 0.15) is 17.2 Å². The first-order valence-electron chi connectivity index (χ1n) is 8.75. The molecule has 0 atom stereocenters. The fraction of sp³-hybridized carbons (Fsp3) is 0.273. The van der Waals surface area contributed by atoms with Crippen LogP contribution in [0.1, 0.15) is 19.8 Å². The SMILES string of the molecule is CCCCOc1ccc(Br)c2cc(-c3ccc(OC)cc3)c(OC)cc12. The highest BCUT2D eigenvalue weighted by molar-refractivity contribution is 9.10. The van der Waals surface area contributed by atoms with E-state index in [-0.39, 0.29) is 0 Å². The summed E-state index contributed by atoms with van der Waals surface area (Å²) in [5, 5.41) is 2.15. The summed E-state index contributed by atoms with van der Waals surface area (Å²) in [7, 11) is 3.37. The first-order chi connectivity index (χ1) is 12.7. The van der Waals surface area contributed by atoms with E-state index in [0.29, 0.717) is 0 Å². The van der Waals surface area contributed by atoms with Crippen LogP contribution in [0, 0.1) is 0 Å². The van der Waals surface area contributed by atoms with Crippen LogP contribution < -0.4 is 14.2 Å². The predicted octanol–water partition coefficient (Wildman–Crippen LogP) is 6.47. The van der Waals surface area contributed by atoms with Crippen LogP contribution >= 0.6 is 15.9 Å². The molecule has 136 valence electrons. The molecule has 0 N–H and O–H groups in total. The maximum Gasteiger partial charge on any atom is 0.127 e. The van der Waals surface area contributed by atoms with E-state index in [9.17, 15) is 0 Å². The molecule has 0 saturated heterocycles. The van der Waals surface area contributed by atoms with Crippen LogP contribution in [0.15, 0.2) is 53.0 Å². The molecule has 0 saturated carbocycles. The van der Waals surface area contributed by atoms with Gasteiger partial charge in [0.25, 0.3) is 0 Å². The molecule has 26 heavy (non-hydrogen) atoms. The van der Waals surface area contributed by atoms with Gasteiger partial charge in [-0.2, -0.15) is 0 Å². The summed E-state index contributed by atoms with van der Waals surface area (Å²) in [4.78, 5) is 0. The first kappa shape index (κ1) is 18.6. The third-order valence-electron chi connectivity index (χ3n) is 4.40. The number of methoxy groups -OCH3 is 2. The number of fused-ring (bicyclic) bond motifs is 1. The molecule has 0 fully saturated rings. The van der Waals surface area contributed by atoms with Crippen LogP contribution in [0.3, 0.4) is 0 Å². The van der Waals surface area contributed by atoms with Gasteiger partial charge in [0.15, 0.2) is 0 Å². The largest absolute Gasteiger partial charge is 0.497 e. The van der Waals surface area contributed by atoms with E-state index in [2.05, 4.69) is 35.0 Å². The Hall–Kier alpha value is -2.20. The Morgan fingerprint density at radius 2 is 1.62 bits per heavy atom. The molecule has 3 rings (SSSR count). The zero-order valence-electron chi connectivity index (χ0n) is 15.3. The van der Waals surface area contributed by atoms with Gasteiger partial charge in [0.05, 0.1) is 20.8 Å². The third-order valence-corrected chi connectivity index (χ3v) is 5.09. The summed E-state index contributed by atoms with van der Waals surface area (Å²) in [5.41, 5.74) is 2.11. The fourth-order valence-electron chi connectivity index (χ4n) is 2.93. The predicted molar refractivity (Wildman–Crippen MR) is 111 cm³/mol. The Kier molecular flexibility index (Phi) is 6.04. The van der Waals surface area contributed by atoms with E-state index in [4.69, 9.17) is 14.2 Å². The lowest BCUT2D eigenvalue weighted by Crippen LogP contribution is -1.98. The maximum atomic E-state index is 6.00. The first-order valence-corrected chi connectivity index (χ1v) is 9.54. The zero-order chi connectivity index (χ0) is 18.5. The van der Waals surface area contributed by atoms with Gasteiger partial charge < -0.3 is 14.2 Å². The van der Waals surface area contributed by atoms with E-state index in [0.717, 1.165) is 63.1 Å². The van der Waals surface area contributed by atoms with E-state index < -0.39 is 0 Å². The van der Waals surface area contributed by atoms with Gasteiger partial charge in [0.2, 0.25) is 0 Å². The lowest BCUT2D eigenvalue weighted by molar-refractivity contribution is 0.313. The standard InChI is InChI=1S/C22H23BrO3/c1-4-5-12-26-21-11-10-20(23)18-13-17(22(25-3)14-19(18)21)15-6-8-16(24-2)9-7-15/h6-11,13-14H,4-5,12H2,1-3H3. The van der Waals surface area contributed by atoms with E-state index >= 15 is 0 Å².